The highest BCUT2D eigenvalue weighted by Crippen LogP contribution is 2.35. The lowest BCUT2D eigenvalue weighted by Gasteiger charge is -2.28. The Morgan fingerprint density at radius 2 is 2.26 bits per heavy atom. The number of aliphatic hydroxyl groups is 1. The van der Waals surface area contributed by atoms with Crippen LogP contribution in [0, 0.1) is 0 Å². The standard InChI is InChI=1S/C15H23NO3/c1-11-10-16(8-5-9-19-11)13-6-4-7-14(18-3)15(13)12(2)17/h4,6-7,11-12,17H,5,8-10H2,1-3H3/t11?,12-/m0/s1. The van der Waals surface area contributed by atoms with Crippen LogP contribution in [0.2, 0.25) is 0 Å². The van der Waals surface area contributed by atoms with Crippen LogP contribution in [0.3, 0.4) is 0 Å². The fourth-order valence-electron chi connectivity index (χ4n) is 2.62. The Bertz CT molecular complexity index is 420. The summed E-state index contributed by atoms with van der Waals surface area (Å²) in [5, 5.41) is 10.0. The summed E-state index contributed by atoms with van der Waals surface area (Å²) in [6.07, 6.45) is 0.655. The van der Waals surface area contributed by atoms with Gasteiger partial charge < -0.3 is 19.5 Å². The Hall–Kier alpha value is -1.26. The Kier molecular flexibility index (Phi) is 4.66. The minimum Gasteiger partial charge on any atom is -0.496 e. The van der Waals surface area contributed by atoms with Gasteiger partial charge in [-0.3, -0.25) is 0 Å². The van der Waals surface area contributed by atoms with Gasteiger partial charge in [-0.25, -0.2) is 0 Å². The van der Waals surface area contributed by atoms with E-state index in [1.807, 2.05) is 18.2 Å². The molecule has 106 valence electrons. The molecule has 1 N–H and O–H groups in total. The van der Waals surface area contributed by atoms with Crippen LogP contribution < -0.4 is 9.64 Å². The molecule has 1 aliphatic rings. The molecule has 0 aliphatic carbocycles. The van der Waals surface area contributed by atoms with E-state index in [0.29, 0.717) is 0 Å². The molecule has 0 bridgehead atoms. The van der Waals surface area contributed by atoms with Gasteiger partial charge in [0.2, 0.25) is 0 Å². The Morgan fingerprint density at radius 3 is 2.95 bits per heavy atom. The predicted molar refractivity (Wildman–Crippen MR) is 75.9 cm³/mol. The van der Waals surface area contributed by atoms with Crippen molar-refractivity contribution >= 4 is 5.69 Å². The van der Waals surface area contributed by atoms with E-state index in [-0.39, 0.29) is 6.10 Å². The highest BCUT2D eigenvalue weighted by Gasteiger charge is 2.21. The van der Waals surface area contributed by atoms with Crippen LogP contribution in [0.25, 0.3) is 0 Å². The van der Waals surface area contributed by atoms with Crippen LogP contribution in [0.5, 0.6) is 5.75 Å². The van der Waals surface area contributed by atoms with Gasteiger partial charge in [0, 0.05) is 30.9 Å². The lowest BCUT2D eigenvalue weighted by molar-refractivity contribution is 0.0820. The van der Waals surface area contributed by atoms with E-state index in [1.165, 1.54) is 0 Å². The third kappa shape index (κ3) is 3.19. The molecular formula is C15H23NO3. The number of methoxy groups -OCH3 is 1. The smallest absolute Gasteiger partial charge is 0.126 e. The van der Waals surface area contributed by atoms with Gasteiger partial charge in [0.25, 0.3) is 0 Å². The molecular weight excluding hydrogens is 242 g/mol. The van der Waals surface area contributed by atoms with E-state index in [2.05, 4.69) is 11.8 Å². The number of rotatable bonds is 3. The quantitative estimate of drug-likeness (QED) is 0.911. The Labute approximate surface area is 114 Å². The maximum absolute atomic E-state index is 10.0. The van der Waals surface area contributed by atoms with Crippen molar-refractivity contribution in [1.82, 2.24) is 0 Å². The average Bonchev–Trinajstić information content (AvgIpc) is 2.62. The topological polar surface area (TPSA) is 41.9 Å². The fraction of sp³-hybridized carbons (Fsp3) is 0.600. The zero-order valence-corrected chi connectivity index (χ0v) is 11.9. The molecule has 0 spiro atoms. The van der Waals surface area contributed by atoms with E-state index in [1.54, 1.807) is 14.0 Å². The molecule has 1 aromatic carbocycles. The number of nitrogens with zero attached hydrogens (tertiary/aromatic N) is 1. The van der Waals surface area contributed by atoms with Crippen molar-refractivity contribution in [3.63, 3.8) is 0 Å². The molecule has 1 aromatic rings. The molecule has 0 radical (unpaired) electrons. The number of hydrogen-bond acceptors (Lipinski definition) is 4. The molecule has 1 fully saturated rings. The first-order chi connectivity index (χ1) is 9.13. The van der Waals surface area contributed by atoms with Gasteiger partial charge in [-0.2, -0.15) is 0 Å². The van der Waals surface area contributed by atoms with Crippen molar-refractivity contribution < 1.29 is 14.6 Å². The molecule has 0 saturated carbocycles. The first-order valence-electron chi connectivity index (χ1n) is 6.85. The number of anilines is 1. The minimum absolute atomic E-state index is 0.204. The van der Waals surface area contributed by atoms with E-state index >= 15 is 0 Å². The van der Waals surface area contributed by atoms with Crippen LogP contribution in [-0.2, 0) is 4.74 Å². The SMILES string of the molecule is COc1cccc(N2CCCOC(C)C2)c1[C@H](C)O. The molecule has 0 amide bonds. The monoisotopic (exact) mass is 265 g/mol. The van der Waals surface area contributed by atoms with Gasteiger partial charge in [0.05, 0.1) is 19.3 Å². The van der Waals surface area contributed by atoms with Gasteiger partial charge in [-0.1, -0.05) is 6.07 Å². The second-order valence-electron chi connectivity index (χ2n) is 5.05. The molecule has 2 atom stereocenters. The van der Waals surface area contributed by atoms with E-state index in [4.69, 9.17) is 9.47 Å². The fourth-order valence-corrected chi connectivity index (χ4v) is 2.62. The van der Waals surface area contributed by atoms with Crippen molar-refractivity contribution in [3.05, 3.63) is 23.8 Å². The highest BCUT2D eigenvalue weighted by molar-refractivity contribution is 5.60. The first kappa shape index (κ1) is 14.2. The highest BCUT2D eigenvalue weighted by atomic mass is 16.5. The molecule has 1 aliphatic heterocycles. The summed E-state index contributed by atoms with van der Waals surface area (Å²) in [4.78, 5) is 2.28. The van der Waals surface area contributed by atoms with Gasteiger partial charge in [-0.05, 0) is 32.4 Å². The normalized spacial score (nSPS) is 21.9. The summed E-state index contributed by atoms with van der Waals surface area (Å²) in [6, 6.07) is 5.91. The molecule has 19 heavy (non-hydrogen) atoms. The van der Waals surface area contributed by atoms with Gasteiger partial charge in [-0.15, -0.1) is 0 Å². The summed E-state index contributed by atoms with van der Waals surface area (Å²) in [7, 11) is 1.64. The summed E-state index contributed by atoms with van der Waals surface area (Å²) in [5.41, 5.74) is 1.91. The molecule has 1 saturated heterocycles. The maximum atomic E-state index is 10.0. The third-order valence-electron chi connectivity index (χ3n) is 3.47. The van der Waals surface area contributed by atoms with Crippen LogP contribution in [0.4, 0.5) is 5.69 Å². The molecule has 1 unspecified atom stereocenters. The number of aliphatic hydroxyl groups excluding tert-OH is 1. The largest absolute Gasteiger partial charge is 0.496 e. The Balaban J connectivity index is 2.37. The molecule has 1 heterocycles. The van der Waals surface area contributed by atoms with Crippen LogP contribution in [-0.4, -0.2) is 38.0 Å². The number of hydrogen-bond donors (Lipinski definition) is 1. The van der Waals surface area contributed by atoms with Gasteiger partial charge in [0.1, 0.15) is 5.75 Å². The molecule has 4 nitrogen and oxygen atoms in total. The maximum Gasteiger partial charge on any atom is 0.126 e. The second-order valence-corrected chi connectivity index (χ2v) is 5.05. The number of ether oxygens (including phenoxy) is 2. The predicted octanol–water partition coefficient (Wildman–Crippen LogP) is 2.36. The van der Waals surface area contributed by atoms with Crippen LogP contribution in [0.1, 0.15) is 31.9 Å². The third-order valence-corrected chi connectivity index (χ3v) is 3.47. The summed E-state index contributed by atoms with van der Waals surface area (Å²) >= 11 is 0. The lowest BCUT2D eigenvalue weighted by atomic mass is 10.1. The van der Waals surface area contributed by atoms with Crippen molar-refractivity contribution in [2.24, 2.45) is 0 Å². The zero-order chi connectivity index (χ0) is 13.8. The first-order valence-corrected chi connectivity index (χ1v) is 6.85. The van der Waals surface area contributed by atoms with Crippen molar-refractivity contribution in [3.8, 4) is 5.75 Å². The summed E-state index contributed by atoms with van der Waals surface area (Å²) < 4.78 is 11.1. The average molecular weight is 265 g/mol. The minimum atomic E-state index is -0.550. The lowest BCUT2D eigenvalue weighted by Crippen LogP contribution is -2.31. The molecule has 2 rings (SSSR count). The molecule has 4 heteroatoms. The summed E-state index contributed by atoms with van der Waals surface area (Å²) in [6.45, 7) is 6.44. The van der Waals surface area contributed by atoms with Crippen LogP contribution in [0.15, 0.2) is 18.2 Å². The van der Waals surface area contributed by atoms with Crippen molar-refractivity contribution in [2.75, 3.05) is 31.7 Å². The molecule has 0 aromatic heterocycles. The Morgan fingerprint density at radius 1 is 1.47 bits per heavy atom. The van der Waals surface area contributed by atoms with E-state index < -0.39 is 6.10 Å². The number of benzene rings is 1. The van der Waals surface area contributed by atoms with Crippen molar-refractivity contribution in [2.45, 2.75) is 32.5 Å². The zero-order valence-electron chi connectivity index (χ0n) is 11.9. The van der Waals surface area contributed by atoms with E-state index in [9.17, 15) is 5.11 Å². The second kappa shape index (κ2) is 6.26. The van der Waals surface area contributed by atoms with E-state index in [0.717, 1.165) is 43.1 Å². The summed E-state index contributed by atoms with van der Waals surface area (Å²) in [5.74, 6) is 0.741. The van der Waals surface area contributed by atoms with Gasteiger partial charge >= 0.3 is 0 Å². The van der Waals surface area contributed by atoms with Gasteiger partial charge in [0.15, 0.2) is 0 Å². The van der Waals surface area contributed by atoms with Crippen LogP contribution >= 0.6 is 0 Å². The van der Waals surface area contributed by atoms with Crippen molar-refractivity contribution in [1.29, 1.82) is 0 Å².